The summed E-state index contributed by atoms with van der Waals surface area (Å²) in [5.74, 6) is -0.286. The largest absolute Gasteiger partial charge is 0.497 e. The number of aromatic nitrogens is 2. The monoisotopic (exact) mass is 363 g/mol. The number of halogens is 1. The van der Waals surface area contributed by atoms with Crippen LogP contribution in [0, 0.1) is 0 Å². The van der Waals surface area contributed by atoms with Gasteiger partial charge in [0, 0.05) is 6.54 Å². The number of hydrogen-bond donors (Lipinski definition) is 4. The first kappa shape index (κ1) is 18.3. The molecule has 0 atom stereocenters. The van der Waals surface area contributed by atoms with E-state index in [0.717, 1.165) is 11.3 Å². The van der Waals surface area contributed by atoms with Crippen molar-refractivity contribution in [2.24, 2.45) is 16.5 Å². The first-order valence-electron chi connectivity index (χ1n) is 7.24. The Bertz CT molecular complexity index is 806. The minimum atomic E-state index is -0.810. The van der Waals surface area contributed by atoms with E-state index in [1.165, 1.54) is 0 Å². The van der Waals surface area contributed by atoms with Crippen LogP contribution in [0.25, 0.3) is 0 Å². The van der Waals surface area contributed by atoms with Crippen molar-refractivity contribution in [3.8, 4) is 5.75 Å². The highest BCUT2D eigenvalue weighted by Gasteiger charge is 2.16. The Morgan fingerprint density at radius 3 is 2.80 bits per heavy atom. The van der Waals surface area contributed by atoms with Gasteiger partial charge in [-0.05, 0) is 24.1 Å². The molecule has 7 N–H and O–H groups in total. The van der Waals surface area contributed by atoms with E-state index in [1.807, 2.05) is 24.3 Å². The van der Waals surface area contributed by atoms with E-state index < -0.39 is 11.9 Å². The van der Waals surface area contributed by atoms with Crippen molar-refractivity contribution in [2.75, 3.05) is 24.7 Å². The van der Waals surface area contributed by atoms with Crippen molar-refractivity contribution in [3.63, 3.8) is 0 Å². The molecule has 0 radical (unpaired) electrons. The minimum Gasteiger partial charge on any atom is -0.497 e. The van der Waals surface area contributed by atoms with Gasteiger partial charge in [-0.25, -0.2) is 9.97 Å². The number of nitrogen functional groups attached to an aromatic ring is 1. The van der Waals surface area contributed by atoms with Crippen molar-refractivity contribution in [3.05, 3.63) is 40.7 Å². The van der Waals surface area contributed by atoms with Gasteiger partial charge in [-0.3, -0.25) is 4.79 Å². The smallest absolute Gasteiger partial charge is 0.302 e. The zero-order valence-electron chi connectivity index (χ0n) is 13.5. The van der Waals surface area contributed by atoms with Gasteiger partial charge in [0.25, 0.3) is 0 Å². The van der Waals surface area contributed by atoms with E-state index in [1.54, 1.807) is 7.11 Å². The zero-order valence-corrected chi connectivity index (χ0v) is 14.2. The van der Waals surface area contributed by atoms with Crippen LogP contribution in [-0.4, -0.2) is 35.5 Å². The number of amides is 1. The molecule has 0 aliphatic rings. The molecule has 10 heteroatoms. The predicted octanol–water partition coefficient (Wildman–Crippen LogP) is 0.789. The number of hydrogen-bond acceptors (Lipinski definition) is 6. The highest BCUT2D eigenvalue weighted by Crippen LogP contribution is 2.21. The fraction of sp³-hybridized carbons (Fsp3) is 0.200. The lowest BCUT2D eigenvalue weighted by molar-refractivity contribution is 0.0998. The van der Waals surface area contributed by atoms with Crippen LogP contribution in [0.15, 0.2) is 29.3 Å². The summed E-state index contributed by atoms with van der Waals surface area (Å²) in [6.07, 6.45) is 0.698. The average Bonchev–Trinajstić information content (AvgIpc) is 2.57. The Morgan fingerprint density at radius 2 is 2.12 bits per heavy atom. The lowest BCUT2D eigenvalue weighted by atomic mass is 10.1. The van der Waals surface area contributed by atoms with Crippen molar-refractivity contribution in [1.82, 2.24) is 9.97 Å². The van der Waals surface area contributed by atoms with Gasteiger partial charge in [0.15, 0.2) is 28.4 Å². The number of anilines is 2. The second kappa shape index (κ2) is 8.15. The average molecular weight is 364 g/mol. The third-order valence-corrected chi connectivity index (χ3v) is 3.42. The Labute approximate surface area is 149 Å². The summed E-state index contributed by atoms with van der Waals surface area (Å²) >= 11 is 6.04. The Balaban J connectivity index is 2.06. The van der Waals surface area contributed by atoms with Gasteiger partial charge in [-0.15, -0.1) is 0 Å². The molecule has 1 aromatic heterocycles. The maximum atomic E-state index is 11.8. The van der Waals surface area contributed by atoms with Crippen LogP contribution in [0.5, 0.6) is 5.75 Å². The van der Waals surface area contributed by atoms with Gasteiger partial charge in [-0.2, -0.15) is 4.99 Å². The second-order valence-corrected chi connectivity index (χ2v) is 5.33. The highest BCUT2D eigenvalue weighted by molar-refractivity contribution is 6.32. The number of aliphatic imine (C=N–C) groups is 1. The normalized spacial score (nSPS) is 10.2. The number of carbonyl (C=O) groups is 1. The Morgan fingerprint density at radius 1 is 1.36 bits per heavy atom. The van der Waals surface area contributed by atoms with Crippen LogP contribution in [0.3, 0.4) is 0 Å². The summed E-state index contributed by atoms with van der Waals surface area (Å²) in [6.45, 7) is 0.530. The van der Waals surface area contributed by atoms with E-state index in [9.17, 15) is 4.79 Å². The molecule has 0 unspecified atom stereocenters. The lowest BCUT2D eigenvalue weighted by Gasteiger charge is -2.10. The van der Waals surface area contributed by atoms with E-state index >= 15 is 0 Å². The topological polar surface area (TPSA) is 155 Å². The van der Waals surface area contributed by atoms with E-state index in [-0.39, 0.29) is 22.5 Å². The van der Waals surface area contributed by atoms with Crippen molar-refractivity contribution in [2.45, 2.75) is 6.42 Å². The number of nitrogens with zero attached hydrogens (tertiary/aromatic N) is 3. The standard InChI is InChI=1S/C15H18ClN7O2/c1-25-9-4-2-3-8(7-9)5-6-20-13-11(16)21-10(12(17)22-13)14(24)23-15(18)19/h2-4,7H,5-6H2,1H3,(H3,17,20,22)(H4,18,19,23,24). The summed E-state index contributed by atoms with van der Waals surface area (Å²) < 4.78 is 5.18. The quantitative estimate of drug-likeness (QED) is 0.433. The third kappa shape index (κ3) is 4.95. The highest BCUT2D eigenvalue weighted by atomic mass is 35.5. The van der Waals surface area contributed by atoms with E-state index in [0.29, 0.717) is 13.0 Å². The number of ether oxygens (including phenoxy) is 1. The number of carbonyl (C=O) groups excluding carboxylic acids is 1. The molecule has 0 fully saturated rings. The fourth-order valence-corrected chi connectivity index (χ4v) is 2.21. The molecular formula is C15H18ClN7O2. The molecular weight excluding hydrogens is 346 g/mol. The van der Waals surface area contributed by atoms with Gasteiger partial charge in [-0.1, -0.05) is 23.7 Å². The summed E-state index contributed by atoms with van der Waals surface area (Å²) in [4.78, 5) is 23.1. The van der Waals surface area contributed by atoms with Crippen molar-refractivity contribution in [1.29, 1.82) is 0 Å². The van der Waals surface area contributed by atoms with Crippen LogP contribution in [-0.2, 0) is 6.42 Å². The molecule has 0 aliphatic carbocycles. The molecule has 25 heavy (non-hydrogen) atoms. The van der Waals surface area contributed by atoms with E-state index in [4.69, 9.17) is 33.5 Å². The Kier molecular flexibility index (Phi) is 5.96. The predicted molar refractivity (Wildman–Crippen MR) is 96.8 cm³/mol. The molecule has 1 heterocycles. The van der Waals surface area contributed by atoms with Gasteiger partial charge in [0.05, 0.1) is 7.11 Å². The van der Waals surface area contributed by atoms with Crippen LogP contribution in [0.1, 0.15) is 16.1 Å². The number of guanidine groups is 1. The maximum absolute atomic E-state index is 11.8. The van der Waals surface area contributed by atoms with Crippen LogP contribution in [0.4, 0.5) is 11.6 Å². The molecule has 0 saturated heterocycles. The minimum absolute atomic E-state index is 0.00557. The lowest BCUT2D eigenvalue weighted by Crippen LogP contribution is -2.25. The number of rotatable bonds is 6. The zero-order chi connectivity index (χ0) is 18.4. The SMILES string of the molecule is COc1cccc(CCNc2nc(N)c(C(=O)N=C(N)N)nc2Cl)c1. The molecule has 1 amide bonds. The van der Waals surface area contributed by atoms with Crippen LogP contribution < -0.4 is 27.3 Å². The molecule has 0 spiro atoms. The first-order chi connectivity index (χ1) is 11.9. The van der Waals surface area contributed by atoms with Crippen LogP contribution in [0.2, 0.25) is 5.15 Å². The third-order valence-electron chi connectivity index (χ3n) is 3.15. The second-order valence-electron chi connectivity index (χ2n) is 4.97. The molecule has 2 rings (SSSR count). The molecule has 132 valence electrons. The fourth-order valence-electron chi connectivity index (χ4n) is 2.02. The summed E-state index contributed by atoms with van der Waals surface area (Å²) in [6, 6.07) is 7.68. The number of methoxy groups -OCH3 is 1. The van der Waals surface area contributed by atoms with Gasteiger partial charge in [0.1, 0.15) is 5.75 Å². The maximum Gasteiger partial charge on any atom is 0.302 e. The van der Waals surface area contributed by atoms with Gasteiger partial charge < -0.3 is 27.3 Å². The van der Waals surface area contributed by atoms with Gasteiger partial charge in [0.2, 0.25) is 0 Å². The number of nitrogens with two attached hydrogens (primary N) is 3. The molecule has 0 saturated carbocycles. The number of benzene rings is 1. The Hall–Kier alpha value is -3.07. The molecule has 0 aliphatic heterocycles. The number of nitrogens with one attached hydrogen (secondary N) is 1. The summed E-state index contributed by atoms with van der Waals surface area (Å²) in [5.41, 5.74) is 16.9. The van der Waals surface area contributed by atoms with E-state index in [2.05, 4.69) is 20.3 Å². The molecule has 9 nitrogen and oxygen atoms in total. The first-order valence-corrected chi connectivity index (χ1v) is 7.62. The molecule has 0 bridgehead atoms. The van der Waals surface area contributed by atoms with Crippen molar-refractivity contribution >= 4 is 35.1 Å². The van der Waals surface area contributed by atoms with Crippen molar-refractivity contribution < 1.29 is 9.53 Å². The molecule has 1 aromatic carbocycles. The van der Waals surface area contributed by atoms with Gasteiger partial charge >= 0.3 is 5.91 Å². The van der Waals surface area contributed by atoms with Crippen LogP contribution >= 0.6 is 11.6 Å². The summed E-state index contributed by atoms with van der Waals surface area (Å²) in [5, 5.41) is 3.02. The summed E-state index contributed by atoms with van der Waals surface area (Å²) in [7, 11) is 1.61. The molecule has 2 aromatic rings.